The van der Waals surface area contributed by atoms with Crippen molar-refractivity contribution in [3.05, 3.63) is 82.6 Å². The van der Waals surface area contributed by atoms with E-state index in [0.717, 1.165) is 41.9 Å². The molecule has 4 rings (SSSR count). The number of anilines is 1. The van der Waals surface area contributed by atoms with E-state index in [-0.39, 0.29) is 24.3 Å². The smallest absolute Gasteiger partial charge is 0.248 e. The number of nitrogens with one attached hydrogen (secondary N) is 1. The topological polar surface area (TPSA) is 58.6 Å². The number of nitrogens with zero attached hydrogens (tertiary/aromatic N) is 1. The minimum Gasteiger partial charge on any atom is -0.494 e. The Kier molecular flexibility index (Phi) is 7.79. The molecule has 6 heteroatoms. The largest absolute Gasteiger partial charge is 0.494 e. The van der Waals surface area contributed by atoms with Crippen molar-refractivity contribution < 1.29 is 14.3 Å². The number of thiophene rings is 1. The van der Waals surface area contributed by atoms with Gasteiger partial charge in [0.05, 0.1) is 13.0 Å². The van der Waals surface area contributed by atoms with Crippen molar-refractivity contribution in [1.82, 2.24) is 5.32 Å². The molecular weight excluding hydrogens is 432 g/mol. The normalized spacial score (nSPS) is 14.6. The fourth-order valence-corrected chi connectivity index (χ4v) is 5.05. The van der Waals surface area contributed by atoms with Crippen molar-refractivity contribution in [2.24, 2.45) is 0 Å². The molecule has 0 radical (unpaired) electrons. The molecule has 172 valence electrons. The van der Waals surface area contributed by atoms with Gasteiger partial charge >= 0.3 is 0 Å². The fourth-order valence-electron chi connectivity index (χ4n) is 4.36. The van der Waals surface area contributed by atoms with Gasteiger partial charge in [-0.1, -0.05) is 49.2 Å². The molecule has 2 amide bonds. The number of hydrogen-bond acceptors (Lipinski definition) is 4. The molecule has 0 aliphatic heterocycles. The molecule has 0 bridgehead atoms. The first-order chi connectivity index (χ1) is 16.2. The summed E-state index contributed by atoms with van der Waals surface area (Å²) in [6, 6.07) is 20.3. The number of ether oxygens (including phenoxy) is 1. The predicted molar refractivity (Wildman–Crippen MR) is 133 cm³/mol. The quantitative estimate of drug-likeness (QED) is 0.455. The van der Waals surface area contributed by atoms with E-state index in [1.54, 1.807) is 16.2 Å². The minimum absolute atomic E-state index is 0.114. The number of carbonyl (C=O) groups excluding carboxylic acids is 2. The standard InChI is InChI=1S/C27H30N2O3S/c1-2-32-23-16-14-22(15-17-23)29(25(30)19-24-13-8-18-33-24)26(20-9-4-3-5-10-20)27(31)28-21-11-6-7-12-21/h3-5,8-10,13-18,21,26H,2,6-7,11-12,19H2,1H3,(H,28,31). The summed E-state index contributed by atoms with van der Waals surface area (Å²) in [7, 11) is 0. The van der Waals surface area contributed by atoms with E-state index in [2.05, 4.69) is 5.32 Å². The summed E-state index contributed by atoms with van der Waals surface area (Å²) in [5.74, 6) is 0.483. The third-order valence-electron chi connectivity index (χ3n) is 5.92. The van der Waals surface area contributed by atoms with Crippen molar-refractivity contribution in [3.63, 3.8) is 0 Å². The third kappa shape index (κ3) is 5.82. The molecule has 0 spiro atoms. The summed E-state index contributed by atoms with van der Waals surface area (Å²) in [6.45, 7) is 2.50. The second-order valence-corrected chi connectivity index (χ2v) is 9.28. The summed E-state index contributed by atoms with van der Waals surface area (Å²) < 4.78 is 5.59. The van der Waals surface area contributed by atoms with Crippen molar-refractivity contribution in [3.8, 4) is 5.75 Å². The zero-order valence-corrected chi connectivity index (χ0v) is 19.7. The maximum absolute atomic E-state index is 13.7. The molecule has 1 atom stereocenters. The molecule has 0 saturated heterocycles. The fraction of sp³-hybridized carbons (Fsp3) is 0.333. The number of hydrogen-bond donors (Lipinski definition) is 1. The number of amides is 2. The van der Waals surface area contributed by atoms with E-state index in [1.165, 1.54) is 0 Å². The maximum atomic E-state index is 13.7. The first kappa shape index (κ1) is 23.1. The van der Waals surface area contributed by atoms with Crippen LogP contribution in [0.25, 0.3) is 0 Å². The zero-order valence-electron chi connectivity index (χ0n) is 18.9. The molecular formula is C27H30N2O3S. The Labute approximate surface area is 199 Å². The van der Waals surface area contributed by atoms with Crippen LogP contribution in [0.3, 0.4) is 0 Å². The van der Waals surface area contributed by atoms with Gasteiger partial charge in [0, 0.05) is 16.6 Å². The van der Waals surface area contributed by atoms with Crippen molar-refractivity contribution in [1.29, 1.82) is 0 Å². The van der Waals surface area contributed by atoms with E-state index in [9.17, 15) is 9.59 Å². The minimum atomic E-state index is -0.753. The Balaban J connectivity index is 1.72. The van der Waals surface area contributed by atoms with Crippen LogP contribution in [0.1, 0.15) is 49.1 Å². The lowest BCUT2D eigenvalue weighted by molar-refractivity contribution is -0.127. The van der Waals surface area contributed by atoms with Crippen LogP contribution >= 0.6 is 11.3 Å². The highest BCUT2D eigenvalue weighted by atomic mass is 32.1. The molecule has 3 aromatic rings. The van der Waals surface area contributed by atoms with Crippen LogP contribution in [0.4, 0.5) is 5.69 Å². The second-order valence-electron chi connectivity index (χ2n) is 8.25. The lowest BCUT2D eigenvalue weighted by Gasteiger charge is -2.32. The van der Waals surface area contributed by atoms with Gasteiger partial charge in [-0.15, -0.1) is 11.3 Å². The summed E-state index contributed by atoms with van der Waals surface area (Å²) in [5, 5.41) is 5.18. The SMILES string of the molecule is CCOc1ccc(N(C(=O)Cc2cccs2)C(C(=O)NC2CCCC2)c2ccccc2)cc1. The van der Waals surface area contributed by atoms with E-state index in [0.29, 0.717) is 12.3 Å². The molecule has 33 heavy (non-hydrogen) atoms. The summed E-state index contributed by atoms with van der Waals surface area (Å²) in [4.78, 5) is 30.0. The first-order valence-electron chi connectivity index (χ1n) is 11.6. The zero-order chi connectivity index (χ0) is 23.0. The first-order valence-corrected chi connectivity index (χ1v) is 12.5. The Morgan fingerprint density at radius 2 is 1.76 bits per heavy atom. The van der Waals surface area contributed by atoms with Crippen molar-refractivity contribution in [2.75, 3.05) is 11.5 Å². The molecule has 1 aromatic heterocycles. The van der Waals surface area contributed by atoms with E-state index < -0.39 is 6.04 Å². The molecule has 1 heterocycles. The van der Waals surface area contributed by atoms with Crippen LogP contribution in [-0.4, -0.2) is 24.5 Å². The molecule has 1 aliphatic rings. The van der Waals surface area contributed by atoms with Crippen molar-refractivity contribution >= 4 is 28.8 Å². The Morgan fingerprint density at radius 1 is 1.03 bits per heavy atom. The van der Waals surface area contributed by atoms with Gasteiger partial charge in [-0.3, -0.25) is 14.5 Å². The molecule has 1 aliphatic carbocycles. The van der Waals surface area contributed by atoms with Gasteiger partial charge in [0.2, 0.25) is 11.8 Å². The lowest BCUT2D eigenvalue weighted by Crippen LogP contribution is -2.46. The molecule has 2 aromatic carbocycles. The molecule has 1 unspecified atom stereocenters. The van der Waals surface area contributed by atoms with Gasteiger partial charge in [0.1, 0.15) is 11.8 Å². The summed E-state index contributed by atoms with van der Waals surface area (Å²) in [6.07, 6.45) is 4.46. The number of carbonyl (C=O) groups is 2. The Hall–Kier alpha value is -3.12. The lowest BCUT2D eigenvalue weighted by atomic mass is 10.0. The van der Waals surface area contributed by atoms with Crippen LogP contribution in [0, 0.1) is 0 Å². The van der Waals surface area contributed by atoms with E-state index in [4.69, 9.17) is 4.74 Å². The van der Waals surface area contributed by atoms with Crippen LogP contribution < -0.4 is 15.0 Å². The van der Waals surface area contributed by atoms with Crippen molar-refractivity contribution in [2.45, 2.75) is 51.1 Å². The summed E-state index contributed by atoms with van der Waals surface area (Å²) >= 11 is 1.55. The van der Waals surface area contributed by atoms with Gasteiger partial charge in [0.15, 0.2) is 0 Å². The highest BCUT2D eigenvalue weighted by Gasteiger charge is 2.34. The van der Waals surface area contributed by atoms with Gasteiger partial charge < -0.3 is 10.1 Å². The molecule has 1 fully saturated rings. The van der Waals surface area contributed by atoms with Gasteiger partial charge in [0.25, 0.3) is 0 Å². The predicted octanol–water partition coefficient (Wildman–Crippen LogP) is 5.52. The monoisotopic (exact) mass is 462 g/mol. The molecule has 5 nitrogen and oxygen atoms in total. The maximum Gasteiger partial charge on any atom is 0.248 e. The highest BCUT2D eigenvalue weighted by molar-refractivity contribution is 7.10. The summed E-state index contributed by atoms with van der Waals surface area (Å²) in [5.41, 5.74) is 1.47. The van der Waals surface area contributed by atoms with E-state index in [1.807, 2.05) is 79.0 Å². The molecule has 1 N–H and O–H groups in total. The van der Waals surface area contributed by atoms with Crippen LogP contribution in [-0.2, 0) is 16.0 Å². The van der Waals surface area contributed by atoms with E-state index >= 15 is 0 Å². The van der Waals surface area contributed by atoms with Gasteiger partial charge in [-0.25, -0.2) is 0 Å². The average molecular weight is 463 g/mol. The molecule has 1 saturated carbocycles. The van der Waals surface area contributed by atoms with Crippen LogP contribution in [0.5, 0.6) is 5.75 Å². The average Bonchev–Trinajstić information content (AvgIpc) is 3.53. The number of rotatable bonds is 9. The Bertz CT molecular complexity index is 1030. The second kappa shape index (κ2) is 11.1. The van der Waals surface area contributed by atoms with Crippen LogP contribution in [0.2, 0.25) is 0 Å². The van der Waals surface area contributed by atoms with Gasteiger partial charge in [-0.2, -0.15) is 0 Å². The third-order valence-corrected chi connectivity index (χ3v) is 6.80. The highest BCUT2D eigenvalue weighted by Crippen LogP contribution is 2.31. The number of benzene rings is 2. The van der Waals surface area contributed by atoms with Crippen LogP contribution in [0.15, 0.2) is 72.1 Å². The van der Waals surface area contributed by atoms with Gasteiger partial charge in [-0.05, 0) is 61.0 Å². The Morgan fingerprint density at radius 3 is 2.39 bits per heavy atom.